The molecule has 0 fully saturated rings. The summed E-state index contributed by atoms with van der Waals surface area (Å²) in [7, 11) is 0. The minimum absolute atomic E-state index is 0.542. The molecular weight excluding hydrogens is 309 g/mol. The highest BCUT2D eigenvalue weighted by Crippen LogP contribution is 2.31. The average molecular weight is 324 g/mol. The number of anilines is 1. The van der Waals surface area contributed by atoms with Gasteiger partial charge in [0.25, 0.3) is 0 Å². The maximum absolute atomic E-state index is 6.00. The highest BCUT2D eigenvalue weighted by Gasteiger charge is 2.10. The van der Waals surface area contributed by atoms with Crippen LogP contribution in [0.5, 0.6) is 11.5 Å². The van der Waals surface area contributed by atoms with Crippen molar-refractivity contribution in [2.45, 2.75) is 13.0 Å². The molecule has 0 saturated heterocycles. The highest BCUT2D eigenvalue weighted by atomic mass is 35.5. The maximum Gasteiger partial charge on any atom is 0.161 e. The molecule has 21 heavy (non-hydrogen) atoms. The number of hydrogen-bond donors (Lipinski definition) is 1. The first kappa shape index (κ1) is 14.4. The van der Waals surface area contributed by atoms with Crippen molar-refractivity contribution in [3.63, 3.8) is 0 Å². The van der Waals surface area contributed by atoms with Gasteiger partial charge in [0.15, 0.2) is 11.5 Å². The number of hydrogen-bond acceptors (Lipinski definition) is 3. The van der Waals surface area contributed by atoms with Gasteiger partial charge >= 0.3 is 0 Å². The minimum atomic E-state index is 0.542. The van der Waals surface area contributed by atoms with Crippen molar-refractivity contribution >= 4 is 28.9 Å². The molecule has 0 spiro atoms. The summed E-state index contributed by atoms with van der Waals surface area (Å²) in [4.78, 5) is 0. The van der Waals surface area contributed by atoms with Crippen LogP contribution in [0, 0.1) is 0 Å². The van der Waals surface area contributed by atoms with E-state index < -0.39 is 0 Å². The zero-order valence-corrected chi connectivity index (χ0v) is 12.9. The van der Waals surface area contributed by atoms with E-state index in [-0.39, 0.29) is 0 Å². The Labute approximate surface area is 133 Å². The molecule has 0 aromatic heterocycles. The van der Waals surface area contributed by atoms with Crippen molar-refractivity contribution < 1.29 is 9.47 Å². The van der Waals surface area contributed by atoms with E-state index in [4.69, 9.17) is 32.7 Å². The zero-order chi connectivity index (χ0) is 14.7. The van der Waals surface area contributed by atoms with Gasteiger partial charge in [-0.15, -0.1) is 0 Å². The van der Waals surface area contributed by atoms with E-state index >= 15 is 0 Å². The summed E-state index contributed by atoms with van der Waals surface area (Å²) in [5.41, 5.74) is 2.04. The smallest absolute Gasteiger partial charge is 0.161 e. The molecule has 1 heterocycles. The predicted octanol–water partition coefficient (Wildman–Crippen LogP) is 4.77. The van der Waals surface area contributed by atoms with Gasteiger partial charge < -0.3 is 14.8 Å². The van der Waals surface area contributed by atoms with Crippen LogP contribution in [0.1, 0.15) is 12.0 Å². The van der Waals surface area contributed by atoms with Crippen molar-refractivity contribution in [1.29, 1.82) is 0 Å². The highest BCUT2D eigenvalue weighted by molar-refractivity contribution is 6.42. The summed E-state index contributed by atoms with van der Waals surface area (Å²) in [6, 6.07) is 11.5. The summed E-state index contributed by atoms with van der Waals surface area (Å²) >= 11 is 11.9. The summed E-state index contributed by atoms with van der Waals surface area (Å²) in [6.07, 6.45) is 0.908. The monoisotopic (exact) mass is 323 g/mol. The maximum atomic E-state index is 6.00. The fraction of sp³-hybridized carbons (Fsp3) is 0.250. The SMILES string of the molecule is Clc1ccc(NCc2ccc3c(c2)OCCCO3)cc1Cl. The predicted molar refractivity (Wildman–Crippen MR) is 85.8 cm³/mol. The van der Waals surface area contributed by atoms with Crippen LogP contribution in [-0.4, -0.2) is 13.2 Å². The lowest BCUT2D eigenvalue weighted by atomic mass is 10.2. The van der Waals surface area contributed by atoms with Gasteiger partial charge in [-0.3, -0.25) is 0 Å². The number of ether oxygens (including phenoxy) is 2. The Bertz CT molecular complexity index is 646. The Kier molecular flexibility index (Phi) is 4.42. The molecule has 0 radical (unpaired) electrons. The third-order valence-corrected chi connectivity index (χ3v) is 3.97. The van der Waals surface area contributed by atoms with E-state index in [1.54, 1.807) is 6.07 Å². The fourth-order valence-electron chi connectivity index (χ4n) is 2.13. The van der Waals surface area contributed by atoms with E-state index in [1.807, 2.05) is 30.3 Å². The quantitative estimate of drug-likeness (QED) is 0.882. The molecule has 3 nitrogen and oxygen atoms in total. The van der Waals surface area contributed by atoms with Crippen molar-refractivity contribution in [3.8, 4) is 11.5 Å². The molecule has 2 aromatic carbocycles. The van der Waals surface area contributed by atoms with E-state index in [0.717, 1.165) is 29.2 Å². The molecule has 110 valence electrons. The Morgan fingerprint density at radius 2 is 1.71 bits per heavy atom. The topological polar surface area (TPSA) is 30.5 Å². The lowest BCUT2D eigenvalue weighted by molar-refractivity contribution is 0.297. The second kappa shape index (κ2) is 6.46. The van der Waals surface area contributed by atoms with Crippen molar-refractivity contribution in [2.24, 2.45) is 0 Å². The molecule has 2 aromatic rings. The number of nitrogens with one attached hydrogen (secondary N) is 1. The van der Waals surface area contributed by atoms with Crippen molar-refractivity contribution in [1.82, 2.24) is 0 Å². The molecule has 3 rings (SSSR count). The van der Waals surface area contributed by atoms with Gasteiger partial charge in [0, 0.05) is 18.7 Å². The molecule has 0 unspecified atom stereocenters. The normalized spacial score (nSPS) is 13.6. The van der Waals surface area contributed by atoms with Crippen LogP contribution in [0.15, 0.2) is 36.4 Å². The molecule has 0 bridgehead atoms. The van der Waals surface area contributed by atoms with Crippen LogP contribution in [0.2, 0.25) is 10.0 Å². The van der Waals surface area contributed by atoms with Gasteiger partial charge in [-0.2, -0.15) is 0 Å². The van der Waals surface area contributed by atoms with Crippen LogP contribution in [-0.2, 0) is 6.54 Å². The largest absolute Gasteiger partial charge is 0.490 e. The Balaban J connectivity index is 1.70. The molecule has 0 atom stereocenters. The van der Waals surface area contributed by atoms with E-state index in [0.29, 0.717) is 29.8 Å². The van der Waals surface area contributed by atoms with Gasteiger partial charge in [-0.25, -0.2) is 0 Å². The second-order valence-electron chi connectivity index (χ2n) is 4.81. The standard InChI is InChI=1S/C16H15Cl2NO2/c17-13-4-3-12(9-14(13)18)19-10-11-2-5-15-16(8-11)21-7-1-6-20-15/h2-5,8-9,19H,1,6-7,10H2. The number of halogens is 2. The first-order valence-corrected chi connectivity index (χ1v) is 7.55. The molecule has 1 aliphatic heterocycles. The van der Waals surface area contributed by atoms with Crippen LogP contribution < -0.4 is 14.8 Å². The minimum Gasteiger partial charge on any atom is -0.490 e. The first-order chi connectivity index (χ1) is 10.2. The summed E-state index contributed by atoms with van der Waals surface area (Å²) < 4.78 is 11.3. The molecular formula is C16H15Cl2NO2. The summed E-state index contributed by atoms with van der Waals surface area (Å²) in [6.45, 7) is 2.07. The third-order valence-electron chi connectivity index (χ3n) is 3.23. The number of benzene rings is 2. The van der Waals surface area contributed by atoms with Gasteiger partial charge in [0.05, 0.1) is 23.3 Å². The Hall–Kier alpha value is -1.58. The number of rotatable bonds is 3. The fourth-order valence-corrected chi connectivity index (χ4v) is 2.43. The van der Waals surface area contributed by atoms with Crippen LogP contribution >= 0.6 is 23.2 Å². The van der Waals surface area contributed by atoms with Gasteiger partial charge in [0.2, 0.25) is 0 Å². The zero-order valence-electron chi connectivity index (χ0n) is 11.4. The molecule has 0 saturated carbocycles. The van der Waals surface area contributed by atoms with Crippen LogP contribution in [0.4, 0.5) is 5.69 Å². The van der Waals surface area contributed by atoms with Crippen LogP contribution in [0.3, 0.4) is 0 Å². The Morgan fingerprint density at radius 1 is 0.905 bits per heavy atom. The Morgan fingerprint density at radius 3 is 2.52 bits per heavy atom. The van der Waals surface area contributed by atoms with Crippen LogP contribution in [0.25, 0.3) is 0 Å². The summed E-state index contributed by atoms with van der Waals surface area (Å²) in [5.74, 6) is 1.62. The average Bonchev–Trinajstić information content (AvgIpc) is 2.73. The van der Waals surface area contributed by atoms with E-state index in [9.17, 15) is 0 Å². The van der Waals surface area contributed by atoms with Gasteiger partial charge in [0.1, 0.15) is 0 Å². The van der Waals surface area contributed by atoms with E-state index in [2.05, 4.69) is 5.32 Å². The molecule has 5 heteroatoms. The lowest BCUT2D eigenvalue weighted by Crippen LogP contribution is -2.00. The van der Waals surface area contributed by atoms with Gasteiger partial charge in [-0.1, -0.05) is 29.3 Å². The lowest BCUT2D eigenvalue weighted by Gasteiger charge is -2.11. The van der Waals surface area contributed by atoms with Crippen molar-refractivity contribution in [3.05, 3.63) is 52.0 Å². The molecule has 1 N–H and O–H groups in total. The second-order valence-corrected chi connectivity index (χ2v) is 5.63. The summed E-state index contributed by atoms with van der Waals surface area (Å²) in [5, 5.41) is 4.41. The van der Waals surface area contributed by atoms with Crippen molar-refractivity contribution in [2.75, 3.05) is 18.5 Å². The molecule has 0 aliphatic carbocycles. The third kappa shape index (κ3) is 3.55. The molecule has 0 amide bonds. The molecule has 1 aliphatic rings. The number of fused-ring (bicyclic) bond motifs is 1. The first-order valence-electron chi connectivity index (χ1n) is 6.80. The van der Waals surface area contributed by atoms with Gasteiger partial charge in [-0.05, 0) is 35.9 Å². The van der Waals surface area contributed by atoms with E-state index in [1.165, 1.54) is 0 Å².